The smallest absolute Gasteiger partial charge is 0.00433 e. The Hall–Kier alpha value is -0.300. The molecule has 0 bridgehead atoms. The van der Waals surface area contributed by atoms with Crippen molar-refractivity contribution >= 4 is 11.3 Å². The molecule has 0 N–H and O–H groups in total. The molecule has 80 valence electrons. The summed E-state index contributed by atoms with van der Waals surface area (Å²) >= 11 is 1.80. The second-order valence-electron chi connectivity index (χ2n) is 1.66. The molecular weight excluding hydrogens is 176 g/mol. The van der Waals surface area contributed by atoms with Crippen LogP contribution in [0.2, 0.25) is 0 Å². The summed E-state index contributed by atoms with van der Waals surface area (Å²) in [6.45, 7) is 16.3. The van der Waals surface area contributed by atoms with Gasteiger partial charge in [0, 0.05) is 4.88 Å². The van der Waals surface area contributed by atoms with E-state index < -0.39 is 0 Å². The zero-order valence-corrected chi connectivity index (χ0v) is 11.4. The predicted octanol–water partition coefficient (Wildman–Crippen LogP) is 5.44. The molecule has 1 aromatic rings. The lowest BCUT2D eigenvalue weighted by Crippen LogP contribution is -1.61. The highest BCUT2D eigenvalue weighted by Crippen LogP contribution is 2.12. The van der Waals surface area contributed by atoms with E-state index in [4.69, 9.17) is 0 Å². The molecule has 1 heteroatoms. The van der Waals surface area contributed by atoms with Crippen LogP contribution in [0.15, 0.2) is 11.4 Å². The third-order valence-electron chi connectivity index (χ3n) is 1.12. The predicted molar refractivity (Wildman–Crippen MR) is 67.8 cm³/mol. The largest absolute Gasteiger partial charge is 0.149 e. The zero-order chi connectivity index (χ0) is 11.3. The van der Waals surface area contributed by atoms with E-state index in [0.717, 1.165) is 0 Å². The van der Waals surface area contributed by atoms with Gasteiger partial charge >= 0.3 is 0 Å². The first-order valence-corrected chi connectivity index (χ1v) is 6.19. The van der Waals surface area contributed by atoms with Crippen LogP contribution >= 0.6 is 11.3 Å². The third-order valence-corrected chi connectivity index (χ3v) is 2.07. The summed E-state index contributed by atoms with van der Waals surface area (Å²) in [6.07, 6.45) is 0. The van der Waals surface area contributed by atoms with E-state index in [1.54, 1.807) is 11.3 Å². The van der Waals surface area contributed by atoms with E-state index >= 15 is 0 Å². The lowest BCUT2D eigenvalue weighted by atomic mass is 10.3. The van der Waals surface area contributed by atoms with E-state index in [0.29, 0.717) is 0 Å². The number of hydrogen-bond donors (Lipinski definition) is 0. The highest BCUT2D eigenvalue weighted by molar-refractivity contribution is 7.10. The normalized spacial score (nSPS) is 6.46. The van der Waals surface area contributed by atoms with Crippen molar-refractivity contribution in [1.82, 2.24) is 0 Å². The second kappa shape index (κ2) is 17.7. The standard InChI is InChI=1S/C6H8S.3C2H6/c1-5-3-4-7-6(5)2;3*1-2/h3-4H,1-2H3;3*1-2H3. The molecule has 1 aromatic heterocycles. The van der Waals surface area contributed by atoms with Crippen LogP contribution < -0.4 is 0 Å². The quantitative estimate of drug-likeness (QED) is 0.525. The second-order valence-corrected chi connectivity index (χ2v) is 2.78. The van der Waals surface area contributed by atoms with Gasteiger partial charge in [0.05, 0.1) is 0 Å². The molecule has 0 saturated heterocycles. The Bertz CT molecular complexity index is 137. The van der Waals surface area contributed by atoms with Crippen molar-refractivity contribution in [2.24, 2.45) is 0 Å². The van der Waals surface area contributed by atoms with Gasteiger partial charge in [0.1, 0.15) is 0 Å². The minimum absolute atomic E-state index is 1.41. The SMILES string of the molecule is CC.CC.CC.Cc1ccsc1C. The molecule has 0 aliphatic rings. The molecule has 0 amide bonds. The van der Waals surface area contributed by atoms with Crippen LogP contribution in [0.4, 0.5) is 0 Å². The summed E-state index contributed by atoms with van der Waals surface area (Å²) in [4.78, 5) is 1.43. The van der Waals surface area contributed by atoms with Crippen molar-refractivity contribution in [2.75, 3.05) is 0 Å². The van der Waals surface area contributed by atoms with Crippen LogP contribution in [0.3, 0.4) is 0 Å². The first kappa shape index (κ1) is 18.5. The minimum atomic E-state index is 1.41. The van der Waals surface area contributed by atoms with Crippen molar-refractivity contribution in [3.05, 3.63) is 21.9 Å². The fourth-order valence-corrected chi connectivity index (χ4v) is 1.18. The van der Waals surface area contributed by atoms with Crippen molar-refractivity contribution in [2.45, 2.75) is 55.4 Å². The molecule has 13 heavy (non-hydrogen) atoms. The van der Waals surface area contributed by atoms with Crippen molar-refractivity contribution in [3.8, 4) is 0 Å². The molecule has 1 rings (SSSR count). The summed E-state index contributed by atoms with van der Waals surface area (Å²) < 4.78 is 0. The highest BCUT2D eigenvalue weighted by Gasteiger charge is 1.87. The Morgan fingerprint density at radius 2 is 1.23 bits per heavy atom. The van der Waals surface area contributed by atoms with Gasteiger partial charge in [-0.15, -0.1) is 11.3 Å². The Morgan fingerprint density at radius 1 is 0.846 bits per heavy atom. The van der Waals surface area contributed by atoms with Gasteiger partial charge in [0.25, 0.3) is 0 Å². The summed E-state index contributed by atoms with van der Waals surface area (Å²) in [5, 5.41) is 2.12. The van der Waals surface area contributed by atoms with Gasteiger partial charge in [0.15, 0.2) is 0 Å². The summed E-state index contributed by atoms with van der Waals surface area (Å²) in [7, 11) is 0. The maximum Gasteiger partial charge on any atom is 0.00433 e. The van der Waals surface area contributed by atoms with E-state index in [2.05, 4.69) is 25.3 Å². The molecule has 0 fully saturated rings. The Kier molecular flexibility index (Phi) is 25.2. The van der Waals surface area contributed by atoms with Crippen LogP contribution in [-0.4, -0.2) is 0 Å². The van der Waals surface area contributed by atoms with Gasteiger partial charge in [-0.3, -0.25) is 0 Å². The molecule has 0 radical (unpaired) electrons. The Morgan fingerprint density at radius 3 is 1.31 bits per heavy atom. The van der Waals surface area contributed by atoms with Gasteiger partial charge in [-0.05, 0) is 30.9 Å². The molecule has 0 aliphatic heterocycles. The molecule has 0 saturated carbocycles. The average Bonchev–Trinajstić information content (AvgIpc) is 2.61. The fraction of sp³-hybridized carbons (Fsp3) is 0.667. The third kappa shape index (κ3) is 11.7. The van der Waals surface area contributed by atoms with E-state index in [1.807, 2.05) is 41.5 Å². The summed E-state index contributed by atoms with van der Waals surface area (Å²) in [5.41, 5.74) is 1.41. The lowest BCUT2D eigenvalue weighted by Gasteiger charge is -1.79. The number of rotatable bonds is 0. The number of thiophene rings is 1. The fourth-order valence-electron chi connectivity index (χ4n) is 0.448. The van der Waals surface area contributed by atoms with E-state index in [9.17, 15) is 0 Å². The van der Waals surface area contributed by atoms with Crippen LogP contribution in [-0.2, 0) is 0 Å². The number of aryl methyl sites for hydroxylation is 2. The van der Waals surface area contributed by atoms with Crippen LogP contribution in [0.25, 0.3) is 0 Å². The monoisotopic (exact) mass is 202 g/mol. The molecule has 0 spiro atoms. The van der Waals surface area contributed by atoms with Crippen LogP contribution in [0, 0.1) is 13.8 Å². The molecular formula is C12H26S. The van der Waals surface area contributed by atoms with Gasteiger partial charge in [-0.1, -0.05) is 41.5 Å². The van der Waals surface area contributed by atoms with Crippen molar-refractivity contribution in [1.29, 1.82) is 0 Å². The first-order chi connectivity index (χ1) is 6.30. The van der Waals surface area contributed by atoms with Crippen LogP contribution in [0.1, 0.15) is 52.0 Å². The van der Waals surface area contributed by atoms with Crippen LogP contribution in [0.5, 0.6) is 0 Å². The highest BCUT2D eigenvalue weighted by atomic mass is 32.1. The van der Waals surface area contributed by atoms with Gasteiger partial charge in [0.2, 0.25) is 0 Å². The number of hydrogen-bond acceptors (Lipinski definition) is 1. The Balaban J connectivity index is -0.000000144. The van der Waals surface area contributed by atoms with Gasteiger partial charge < -0.3 is 0 Å². The van der Waals surface area contributed by atoms with E-state index in [-0.39, 0.29) is 0 Å². The van der Waals surface area contributed by atoms with Crippen molar-refractivity contribution in [3.63, 3.8) is 0 Å². The zero-order valence-electron chi connectivity index (χ0n) is 10.6. The maximum atomic E-state index is 2.14. The lowest BCUT2D eigenvalue weighted by molar-refractivity contribution is 1.44. The minimum Gasteiger partial charge on any atom is -0.149 e. The van der Waals surface area contributed by atoms with Gasteiger partial charge in [-0.25, -0.2) is 0 Å². The topological polar surface area (TPSA) is 0 Å². The van der Waals surface area contributed by atoms with Crippen molar-refractivity contribution < 1.29 is 0 Å². The molecule has 1 heterocycles. The molecule has 0 atom stereocenters. The summed E-state index contributed by atoms with van der Waals surface area (Å²) in [6, 6.07) is 2.14. The molecule has 0 unspecified atom stereocenters. The van der Waals surface area contributed by atoms with E-state index in [1.165, 1.54) is 10.4 Å². The molecule has 0 aliphatic carbocycles. The molecule has 0 nitrogen and oxygen atoms in total. The maximum absolute atomic E-state index is 2.14. The average molecular weight is 202 g/mol. The first-order valence-electron chi connectivity index (χ1n) is 5.31. The van der Waals surface area contributed by atoms with Gasteiger partial charge in [-0.2, -0.15) is 0 Å². The molecule has 0 aromatic carbocycles. The summed E-state index contributed by atoms with van der Waals surface area (Å²) in [5.74, 6) is 0. The Labute approximate surface area is 89.0 Å².